The Kier molecular flexibility index (Phi) is 4.79. The van der Waals surface area contributed by atoms with Crippen molar-refractivity contribution in [2.75, 3.05) is 25.0 Å². The summed E-state index contributed by atoms with van der Waals surface area (Å²) in [6, 6.07) is 7.44. The van der Waals surface area contributed by atoms with Crippen molar-refractivity contribution in [1.29, 1.82) is 0 Å². The number of aliphatic hydroxyl groups is 1. The smallest absolute Gasteiger partial charge is 0.321 e. The summed E-state index contributed by atoms with van der Waals surface area (Å²) in [4.78, 5) is 13.4. The number of amides is 2. The molecule has 0 atom stereocenters. The van der Waals surface area contributed by atoms with Gasteiger partial charge in [0.15, 0.2) is 0 Å². The third-order valence-electron chi connectivity index (χ3n) is 2.43. The van der Waals surface area contributed by atoms with Crippen molar-refractivity contribution in [3.05, 3.63) is 29.8 Å². The predicted octanol–water partition coefficient (Wildman–Crippen LogP) is 1.84. The fourth-order valence-corrected chi connectivity index (χ4v) is 1.43. The maximum Gasteiger partial charge on any atom is 0.321 e. The van der Waals surface area contributed by atoms with E-state index in [2.05, 4.69) is 5.32 Å². The number of likely N-dealkylation sites (N-methyl/N-ethyl adjacent to an activating group) is 1. The number of rotatable bonds is 4. The number of carbonyl (C=O) groups excluding carboxylic acids is 1. The SMILES string of the molecule is CCN(CCO)C(=O)Nc1ccccc1C. The van der Waals surface area contributed by atoms with E-state index < -0.39 is 0 Å². The van der Waals surface area contributed by atoms with Gasteiger partial charge < -0.3 is 15.3 Å². The molecule has 0 aliphatic rings. The molecule has 0 aliphatic heterocycles. The largest absolute Gasteiger partial charge is 0.395 e. The Balaban J connectivity index is 2.66. The molecule has 0 saturated carbocycles. The van der Waals surface area contributed by atoms with Crippen LogP contribution in [0.4, 0.5) is 10.5 Å². The van der Waals surface area contributed by atoms with Gasteiger partial charge in [-0.25, -0.2) is 4.79 Å². The monoisotopic (exact) mass is 222 g/mol. The maximum absolute atomic E-state index is 11.8. The minimum absolute atomic E-state index is 0.0188. The van der Waals surface area contributed by atoms with E-state index in [1.165, 1.54) is 0 Å². The molecular weight excluding hydrogens is 204 g/mol. The molecule has 1 rings (SSSR count). The number of anilines is 1. The Hall–Kier alpha value is -1.55. The first-order valence-electron chi connectivity index (χ1n) is 5.41. The molecule has 0 unspecified atom stereocenters. The Bertz CT molecular complexity index is 353. The topological polar surface area (TPSA) is 52.6 Å². The van der Waals surface area contributed by atoms with Crippen LogP contribution in [0.2, 0.25) is 0 Å². The van der Waals surface area contributed by atoms with Crippen molar-refractivity contribution >= 4 is 11.7 Å². The number of urea groups is 1. The molecule has 0 aromatic heterocycles. The molecular formula is C12H18N2O2. The molecule has 0 aliphatic carbocycles. The maximum atomic E-state index is 11.8. The lowest BCUT2D eigenvalue weighted by molar-refractivity contribution is 0.192. The molecule has 1 aromatic rings. The van der Waals surface area contributed by atoms with Crippen LogP contribution in [-0.4, -0.2) is 35.7 Å². The summed E-state index contributed by atoms with van der Waals surface area (Å²) in [6.07, 6.45) is 0. The van der Waals surface area contributed by atoms with Crippen molar-refractivity contribution in [3.63, 3.8) is 0 Å². The first kappa shape index (κ1) is 12.5. The number of hydrogen-bond acceptors (Lipinski definition) is 2. The van der Waals surface area contributed by atoms with Gasteiger partial charge >= 0.3 is 6.03 Å². The number of para-hydroxylation sites is 1. The van der Waals surface area contributed by atoms with Gasteiger partial charge in [-0.1, -0.05) is 18.2 Å². The Morgan fingerprint density at radius 3 is 2.69 bits per heavy atom. The van der Waals surface area contributed by atoms with Crippen LogP contribution in [0.5, 0.6) is 0 Å². The van der Waals surface area contributed by atoms with Gasteiger partial charge in [-0.15, -0.1) is 0 Å². The van der Waals surface area contributed by atoms with E-state index in [-0.39, 0.29) is 12.6 Å². The summed E-state index contributed by atoms with van der Waals surface area (Å²) >= 11 is 0. The minimum Gasteiger partial charge on any atom is -0.395 e. The van der Waals surface area contributed by atoms with Gasteiger partial charge in [-0.05, 0) is 25.5 Å². The van der Waals surface area contributed by atoms with Crippen molar-refractivity contribution in [3.8, 4) is 0 Å². The Labute approximate surface area is 95.9 Å². The molecule has 0 radical (unpaired) electrons. The standard InChI is InChI=1S/C12H18N2O2/c1-3-14(8-9-15)12(16)13-11-7-5-4-6-10(11)2/h4-7,15H,3,8-9H2,1-2H3,(H,13,16). The summed E-state index contributed by atoms with van der Waals surface area (Å²) in [7, 11) is 0. The highest BCUT2D eigenvalue weighted by Crippen LogP contribution is 2.13. The molecule has 0 fully saturated rings. The second-order valence-electron chi connectivity index (χ2n) is 3.55. The number of carbonyl (C=O) groups is 1. The van der Waals surface area contributed by atoms with E-state index in [1.54, 1.807) is 4.90 Å². The van der Waals surface area contributed by atoms with E-state index in [0.29, 0.717) is 13.1 Å². The normalized spacial score (nSPS) is 9.94. The lowest BCUT2D eigenvalue weighted by Gasteiger charge is -2.20. The average molecular weight is 222 g/mol. The van der Waals surface area contributed by atoms with Crippen molar-refractivity contribution in [1.82, 2.24) is 4.90 Å². The molecule has 0 saturated heterocycles. The second-order valence-corrected chi connectivity index (χ2v) is 3.55. The summed E-state index contributed by atoms with van der Waals surface area (Å²) in [5, 5.41) is 11.6. The van der Waals surface area contributed by atoms with Gasteiger partial charge in [0.25, 0.3) is 0 Å². The summed E-state index contributed by atoms with van der Waals surface area (Å²) < 4.78 is 0. The molecule has 4 heteroatoms. The fraction of sp³-hybridized carbons (Fsp3) is 0.417. The van der Waals surface area contributed by atoms with Crippen LogP contribution in [0.25, 0.3) is 0 Å². The predicted molar refractivity (Wildman–Crippen MR) is 64.5 cm³/mol. The minimum atomic E-state index is -0.175. The third kappa shape index (κ3) is 3.24. The lowest BCUT2D eigenvalue weighted by Crippen LogP contribution is -2.36. The quantitative estimate of drug-likeness (QED) is 0.816. The van der Waals surface area contributed by atoms with Gasteiger partial charge in [0.1, 0.15) is 0 Å². The third-order valence-corrected chi connectivity index (χ3v) is 2.43. The molecule has 2 N–H and O–H groups in total. The zero-order chi connectivity index (χ0) is 12.0. The van der Waals surface area contributed by atoms with E-state index in [1.807, 2.05) is 38.1 Å². The van der Waals surface area contributed by atoms with Crippen LogP contribution in [0.3, 0.4) is 0 Å². The van der Waals surface area contributed by atoms with Gasteiger partial charge in [-0.2, -0.15) is 0 Å². The molecule has 2 amide bonds. The number of nitrogens with zero attached hydrogens (tertiary/aromatic N) is 1. The summed E-state index contributed by atoms with van der Waals surface area (Å²) in [5.41, 5.74) is 1.83. The van der Waals surface area contributed by atoms with Crippen LogP contribution >= 0.6 is 0 Å². The zero-order valence-electron chi connectivity index (χ0n) is 9.73. The molecule has 0 heterocycles. The van der Waals surface area contributed by atoms with E-state index in [4.69, 9.17) is 5.11 Å². The molecule has 16 heavy (non-hydrogen) atoms. The van der Waals surface area contributed by atoms with Crippen LogP contribution in [0.15, 0.2) is 24.3 Å². The first-order valence-corrected chi connectivity index (χ1v) is 5.41. The van der Waals surface area contributed by atoms with Crippen LogP contribution < -0.4 is 5.32 Å². The number of nitrogens with one attached hydrogen (secondary N) is 1. The number of benzene rings is 1. The van der Waals surface area contributed by atoms with E-state index in [9.17, 15) is 4.79 Å². The summed E-state index contributed by atoms with van der Waals surface area (Å²) in [5.74, 6) is 0. The van der Waals surface area contributed by atoms with Crippen molar-refractivity contribution in [2.24, 2.45) is 0 Å². The van der Waals surface area contributed by atoms with E-state index in [0.717, 1.165) is 11.3 Å². The average Bonchev–Trinajstić information content (AvgIpc) is 2.29. The van der Waals surface area contributed by atoms with Gasteiger partial charge in [0, 0.05) is 18.8 Å². The van der Waals surface area contributed by atoms with Crippen LogP contribution in [0, 0.1) is 6.92 Å². The van der Waals surface area contributed by atoms with Gasteiger partial charge in [0.2, 0.25) is 0 Å². The van der Waals surface area contributed by atoms with Crippen LogP contribution in [0.1, 0.15) is 12.5 Å². The summed E-state index contributed by atoms with van der Waals surface area (Å²) in [6.45, 7) is 4.74. The Morgan fingerprint density at radius 2 is 2.12 bits per heavy atom. The highest BCUT2D eigenvalue weighted by atomic mass is 16.3. The Morgan fingerprint density at radius 1 is 1.44 bits per heavy atom. The fourth-order valence-electron chi connectivity index (χ4n) is 1.43. The molecule has 4 nitrogen and oxygen atoms in total. The van der Waals surface area contributed by atoms with Crippen molar-refractivity contribution in [2.45, 2.75) is 13.8 Å². The van der Waals surface area contributed by atoms with Crippen molar-refractivity contribution < 1.29 is 9.90 Å². The number of hydrogen-bond donors (Lipinski definition) is 2. The first-order chi connectivity index (χ1) is 7.69. The van der Waals surface area contributed by atoms with Crippen LogP contribution in [-0.2, 0) is 0 Å². The van der Waals surface area contributed by atoms with Gasteiger partial charge in [-0.3, -0.25) is 0 Å². The zero-order valence-corrected chi connectivity index (χ0v) is 9.73. The van der Waals surface area contributed by atoms with E-state index >= 15 is 0 Å². The second kappa shape index (κ2) is 6.12. The lowest BCUT2D eigenvalue weighted by atomic mass is 10.2. The highest BCUT2D eigenvalue weighted by molar-refractivity contribution is 5.90. The highest BCUT2D eigenvalue weighted by Gasteiger charge is 2.11. The number of aryl methyl sites for hydroxylation is 1. The molecule has 1 aromatic carbocycles. The molecule has 0 bridgehead atoms. The van der Waals surface area contributed by atoms with Gasteiger partial charge in [0.05, 0.1) is 6.61 Å². The molecule has 0 spiro atoms. The molecule has 88 valence electrons. The number of aliphatic hydroxyl groups excluding tert-OH is 1.